The Balaban J connectivity index is 2.17. The molecule has 1 aromatic carbocycles. The molecule has 0 aliphatic heterocycles. The summed E-state index contributed by atoms with van der Waals surface area (Å²) in [5, 5.41) is 10.7. The molecular formula is C15H16N2O3S. The highest BCUT2D eigenvalue weighted by molar-refractivity contribution is 7.17. The average molecular weight is 304 g/mol. The number of carbonyl (C=O) groups excluding carboxylic acids is 1. The molecule has 2 rings (SSSR count). The molecule has 0 aliphatic carbocycles. The molecule has 0 saturated carbocycles. The van der Waals surface area contributed by atoms with Crippen LogP contribution >= 0.6 is 11.3 Å². The van der Waals surface area contributed by atoms with Gasteiger partial charge < -0.3 is 4.90 Å². The average Bonchev–Trinajstić information content (AvgIpc) is 2.96. The van der Waals surface area contributed by atoms with Crippen molar-refractivity contribution in [2.24, 2.45) is 0 Å². The SMILES string of the molecule is Cc1ccc(C(C)N(C)C(=O)c2ccc([N+](=O)[O-])s2)cc1. The number of rotatable bonds is 4. The van der Waals surface area contributed by atoms with Gasteiger partial charge in [0.1, 0.15) is 0 Å². The van der Waals surface area contributed by atoms with Crippen LogP contribution in [0.1, 0.15) is 33.8 Å². The van der Waals surface area contributed by atoms with Gasteiger partial charge in [0, 0.05) is 13.1 Å². The van der Waals surface area contributed by atoms with E-state index in [1.165, 1.54) is 12.1 Å². The van der Waals surface area contributed by atoms with E-state index in [4.69, 9.17) is 0 Å². The van der Waals surface area contributed by atoms with Crippen LogP contribution in [0.25, 0.3) is 0 Å². The molecule has 1 aromatic heterocycles. The molecule has 0 spiro atoms. The van der Waals surface area contributed by atoms with Gasteiger partial charge in [-0.25, -0.2) is 0 Å². The summed E-state index contributed by atoms with van der Waals surface area (Å²) in [6, 6.07) is 10.7. The van der Waals surface area contributed by atoms with E-state index in [1.807, 2.05) is 38.1 Å². The molecule has 1 heterocycles. The second-order valence-electron chi connectivity index (χ2n) is 4.90. The van der Waals surface area contributed by atoms with E-state index in [0.29, 0.717) is 4.88 Å². The third-order valence-corrected chi connectivity index (χ3v) is 4.47. The summed E-state index contributed by atoms with van der Waals surface area (Å²) in [5.74, 6) is -0.207. The summed E-state index contributed by atoms with van der Waals surface area (Å²) < 4.78 is 0. The van der Waals surface area contributed by atoms with Gasteiger partial charge in [0.15, 0.2) is 0 Å². The molecule has 6 heteroatoms. The lowest BCUT2D eigenvalue weighted by Gasteiger charge is -2.24. The zero-order valence-corrected chi connectivity index (χ0v) is 12.9. The quantitative estimate of drug-likeness (QED) is 0.637. The minimum Gasteiger partial charge on any atom is -0.334 e. The highest BCUT2D eigenvalue weighted by atomic mass is 32.1. The van der Waals surface area contributed by atoms with E-state index in [0.717, 1.165) is 22.5 Å². The van der Waals surface area contributed by atoms with Crippen LogP contribution in [0, 0.1) is 17.0 Å². The van der Waals surface area contributed by atoms with Gasteiger partial charge >= 0.3 is 5.00 Å². The molecule has 21 heavy (non-hydrogen) atoms. The summed E-state index contributed by atoms with van der Waals surface area (Å²) in [6.45, 7) is 3.94. The molecule has 0 bridgehead atoms. The summed E-state index contributed by atoms with van der Waals surface area (Å²) in [5.41, 5.74) is 2.19. The topological polar surface area (TPSA) is 63.5 Å². The van der Waals surface area contributed by atoms with Gasteiger partial charge in [0.2, 0.25) is 0 Å². The summed E-state index contributed by atoms with van der Waals surface area (Å²) >= 11 is 0.902. The van der Waals surface area contributed by atoms with Crippen LogP contribution in [-0.4, -0.2) is 22.8 Å². The van der Waals surface area contributed by atoms with E-state index >= 15 is 0 Å². The molecule has 1 atom stereocenters. The molecule has 1 unspecified atom stereocenters. The maximum absolute atomic E-state index is 12.4. The van der Waals surface area contributed by atoms with Crippen molar-refractivity contribution in [1.82, 2.24) is 4.90 Å². The Morgan fingerprint density at radius 1 is 1.24 bits per heavy atom. The maximum atomic E-state index is 12.4. The number of nitrogens with zero attached hydrogens (tertiary/aromatic N) is 2. The van der Waals surface area contributed by atoms with Gasteiger partial charge in [-0.2, -0.15) is 0 Å². The fourth-order valence-corrected chi connectivity index (χ4v) is 2.76. The van der Waals surface area contributed by atoms with Gasteiger partial charge in [-0.05, 0) is 25.5 Å². The predicted molar refractivity (Wildman–Crippen MR) is 82.7 cm³/mol. The number of benzene rings is 1. The van der Waals surface area contributed by atoms with E-state index < -0.39 is 4.92 Å². The number of hydrogen-bond donors (Lipinski definition) is 0. The van der Waals surface area contributed by atoms with Gasteiger partial charge in [-0.1, -0.05) is 41.2 Å². The highest BCUT2D eigenvalue weighted by Gasteiger charge is 2.22. The fraction of sp³-hybridized carbons (Fsp3) is 0.267. The smallest absolute Gasteiger partial charge is 0.324 e. The van der Waals surface area contributed by atoms with Crippen LogP contribution < -0.4 is 0 Å². The molecule has 0 aliphatic rings. The van der Waals surface area contributed by atoms with Gasteiger partial charge in [-0.3, -0.25) is 14.9 Å². The van der Waals surface area contributed by atoms with Crippen molar-refractivity contribution < 1.29 is 9.72 Å². The Kier molecular flexibility index (Phi) is 4.37. The standard InChI is InChI=1S/C15H16N2O3S/c1-10-4-6-12(7-5-10)11(2)16(3)15(18)13-8-9-14(21-13)17(19)20/h4-9,11H,1-3H3. The number of thiophene rings is 1. The van der Waals surface area contributed by atoms with E-state index in [1.54, 1.807) is 11.9 Å². The number of hydrogen-bond acceptors (Lipinski definition) is 4. The van der Waals surface area contributed by atoms with E-state index in [2.05, 4.69) is 0 Å². The zero-order valence-electron chi connectivity index (χ0n) is 12.1. The van der Waals surface area contributed by atoms with Crippen molar-refractivity contribution in [1.29, 1.82) is 0 Å². The number of nitro groups is 1. The molecule has 110 valence electrons. The Morgan fingerprint density at radius 2 is 1.86 bits per heavy atom. The van der Waals surface area contributed by atoms with Crippen LogP contribution in [0.3, 0.4) is 0 Å². The predicted octanol–water partition coefficient (Wildman–Crippen LogP) is 3.80. The molecule has 0 fully saturated rings. The summed E-state index contributed by atoms with van der Waals surface area (Å²) in [7, 11) is 1.71. The van der Waals surface area contributed by atoms with Gasteiger partial charge in [0.05, 0.1) is 15.8 Å². The second-order valence-corrected chi connectivity index (χ2v) is 5.96. The minimum atomic E-state index is -0.481. The van der Waals surface area contributed by atoms with Crippen LogP contribution in [0.4, 0.5) is 5.00 Å². The largest absolute Gasteiger partial charge is 0.334 e. The summed E-state index contributed by atoms with van der Waals surface area (Å²) in [6.07, 6.45) is 0. The van der Waals surface area contributed by atoms with Crippen molar-refractivity contribution in [3.63, 3.8) is 0 Å². The first-order valence-corrected chi connectivity index (χ1v) is 7.29. The Labute approximate surface area is 127 Å². The Hall–Kier alpha value is -2.21. The normalized spacial score (nSPS) is 12.0. The molecule has 1 amide bonds. The van der Waals surface area contributed by atoms with E-state index in [9.17, 15) is 14.9 Å². The first kappa shape index (κ1) is 15.2. The highest BCUT2D eigenvalue weighted by Crippen LogP contribution is 2.27. The third-order valence-electron chi connectivity index (χ3n) is 3.44. The van der Waals surface area contributed by atoms with Crippen molar-refractivity contribution in [2.75, 3.05) is 7.05 Å². The Morgan fingerprint density at radius 3 is 2.38 bits per heavy atom. The second kappa shape index (κ2) is 6.05. The molecule has 0 radical (unpaired) electrons. The maximum Gasteiger partial charge on any atom is 0.324 e. The first-order valence-electron chi connectivity index (χ1n) is 6.48. The van der Waals surface area contributed by atoms with Crippen molar-refractivity contribution >= 4 is 22.2 Å². The molecular weight excluding hydrogens is 288 g/mol. The molecule has 0 saturated heterocycles. The lowest BCUT2D eigenvalue weighted by Crippen LogP contribution is -2.29. The van der Waals surface area contributed by atoms with Crippen molar-refractivity contribution in [3.05, 3.63) is 62.5 Å². The molecule has 0 N–H and O–H groups in total. The number of aryl methyl sites for hydroxylation is 1. The van der Waals surface area contributed by atoms with Crippen LogP contribution in [0.15, 0.2) is 36.4 Å². The molecule has 5 nitrogen and oxygen atoms in total. The zero-order chi connectivity index (χ0) is 15.6. The lowest BCUT2D eigenvalue weighted by molar-refractivity contribution is -0.380. The molecule has 2 aromatic rings. The van der Waals surface area contributed by atoms with Crippen LogP contribution in [0.5, 0.6) is 0 Å². The Bertz CT molecular complexity index is 664. The monoisotopic (exact) mass is 304 g/mol. The number of carbonyl (C=O) groups is 1. The number of amides is 1. The van der Waals surface area contributed by atoms with Gasteiger partial charge in [-0.15, -0.1) is 0 Å². The van der Waals surface area contributed by atoms with Crippen molar-refractivity contribution in [2.45, 2.75) is 19.9 Å². The van der Waals surface area contributed by atoms with Gasteiger partial charge in [0.25, 0.3) is 5.91 Å². The van der Waals surface area contributed by atoms with Crippen LogP contribution in [0.2, 0.25) is 0 Å². The minimum absolute atomic E-state index is 0.0188. The van der Waals surface area contributed by atoms with Crippen molar-refractivity contribution in [3.8, 4) is 0 Å². The summed E-state index contributed by atoms with van der Waals surface area (Å²) in [4.78, 5) is 24.6. The van der Waals surface area contributed by atoms with E-state index in [-0.39, 0.29) is 17.0 Å². The lowest BCUT2D eigenvalue weighted by atomic mass is 10.1. The third kappa shape index (κ3) is 3.28. The fourth-order valence-electron chi connectivity index (χ4n) is 1.96. The van der Waals surface area contributed by atoms with Crippen LogP contribution in [-0.2, 0) is 0 Å². The first-order chi connectivity index (χ1) is 9.90.